The van der Waals surface area contributed by atoms with Crippen LogP contribution in [-0.4, -0.2) is 26.9 Å². The Morgan fingerprint density at radius 3 is 3.00 bits per heavy atom. The fourth-order valence-corrected chi connectivity index (χ4v) is 2.72. The Balaban J connectivity index is 2.23. The molecule has 0 atom stereocenters. The van der Waals surface area contributed by atoms with Crippen molar-refractivity contribution in [3.63, 3.8) is 0 Å². The summed E-state index contributed by atoms with van der Waals surface area (Å²) in [6.45, 7) is 0.456. The maximum atomic E-state index is 11.9. The third kappa shape index (κ3) is 4.52. The van der Waals surface area contributed by atoms with Gasteiger partial charge in [-0.1, -0.05) is 11.6 Å². The van der Waals surface area contributed by atoms with Crippen LogP contribution in [-0.2, 0) is 6.54 Å². The van der Waals surface area contributed by atoms with Crippen molar-refractivity contribution < 1.29 is 9.90 Å². The highest BCUT2D eigenvalue weighted by atomic mass is 32.1. The molecule has 1 aromatic heterocycles. The molecule has 0 saturated heterocycles. The van der Waals surface area contributed by atoms with Crippen LogP contribution >= 0.6 is 12.2 Å². The molecule has 5 N–H and O–H groups in total. The Morgan fingerprint density at radius 2 is 2.35 bits per heavy atom. The maximum absolute atomic E-state index is 11.9. The van der Waals surface area contributed by atoms with Gasteiger partial charge in [0.15, 0.2) is 4.77 Å². The van der Waals surface area contributed by atoms with E-state index in [0.717, 1.165) is 25.5 Å². The number of carbonyl (C=O) groups excluding carboxylic acids is 1. The van der Waals surface area contributed by atoms with Gasteiger partial charge in [-0.25, -0.2) is 10.2 Å². The Labute approximate surface area is 137 Å². The van der Waals surface area contributed by atoms with E-state index in [1.54, 1.807) is 0 Å². The second-order valence-electron chi connectivity index (χ2n) is 5.24. The van der Waals surface area contributed by atoms with E-state index in [4.69, 9.17) is 18.0 Å². The molecule has 1 aliphatic carbocycles. The molecule has 23 heavy (non-hydrogen) atoms. The van der Waals surface area contributed by atoms with Crippen LogP contribution in [0.4, 0.5) is 4.79 Å². The van der Waals surface area contributed by atoms with E-state index in [1.807, 2.05) is 5.43 Å². The lowest BCUT2D eigenvalue weighted by Gasteiger charge is -2.15. The van der Waals surface area contributed by atoms with Gasteiger partial charge in [-0.2, -0.15) is 5.10 Å². The lowest BCUT2D eigenvalue weighted by Crippen LogP contribution is -2.25. The third-order valence-corrected chi connectivity index (χ3v) is 3.94. The van der Waals surface area contributed by atoms with E-state index >= 15 is 0 Å². The molecule has 2 rings (SSSR count). The smallest absolute Gasteiger partial charge is 0.332 e. The molecular weight excluding hydrogens is 318 g/mol. The maximum Gasteiger partial charge on any atom is 0.332 e. The summed E-state index contributed by atoms with van der Waals surface area (Å²) in [5.41, 5.74) is 7.49. The molecule has 8 nitrogen and oxygen atoms in total. The molecule has 1 aromatic rings. The molecule has 0 fully saturated rings. The van der Waals surface area contributed by atoms with Crippen molar-refractivity contribution in [3.8, 4) is 5.88 Å². The second-order valence-corrected chi connectivity index (χ2v) is 5.63. The van der Waals surface area contributed by atoms with Gasteiger partial charge in [-0.3, -0.25) is 14.3 Å². The Kier molecular flexibility index (Phi) is 5.69. The standard InChI is InChI=1S/C14H19N5O3S/c15-13(22)18-16-8-10-11(20)17-14(23)19(12(10)21)7-6-9-4-2-1-3-5-9/h4,8,21H,1-3,5-7H2,(H3,15,18,22)(H,17,20,23)/b16-8+. The van der Waals surface area contributed by atoms with Gasteiger partial charge in [0.05, 0.1) is 6.21 Å². The van der Waals surface area contributed by atoms with E-state index in [9.17, 15) is 14.7 Å². The first-order valence-electron chi connectivity index (χ1n) is 7.31. The van der Waals surface area contributed by atoms with Gasteiger partial charge >= 0.3 is 6.03 Å². The van der Waals surface area contributed by atoms with Crippen LogP contribution in [0.3, 0.4) is 0 Å². The molecule has 0 saturated carbocycles. The number of aromatic nitrogens is 2. The molecule has 0 aliphatic heterocycles. The van der Waals surface area contributed by atoms with E-state index in [1.165, 1.54) is 23.0 Å². The van der Waals surface area contributed by atoms with Crippen molar-refractivity contribution in [2.24, 2.45) is 10.8 Å². The molecule has 0 aromatic carbocycles. The number of nitrogens with two attached hydrogens (primary N) is 1. The highest BCUT2D eigenvalue weighted by Crippen LogP contribution is 2.22. The van der Waals surface area contributed by atoms with Crippen molar-refractivity contribution >= 4 is 24.5 Å². The molecule has 9 heteroatoms. The number of aromatic hydroxyl groups is 1. The number of rotatable bonds is 5. The highest BCUT2D eigenvalue weighted by molar-refractivity contribution is 7.71. The van der Waals surface area contributed by atoms with Gasteiger partial charge in [0.25, 0.3) is 5.56 Å². The summed E-state index contributed by atoms with van der Waals surface area (Å²) in [5.74, 6) is -0.287. The number of nitrogens with one attached hydrogen (secondary N) is 2. The quantitative estimate of drug-likeness (QED) is 0.281. The zero-order valence-electron chi connectivity index (χ0n) is 12.5. The zero-order valence-corrected chi connectivity index (χ0v) is 13.4. The van der Waals surface area contributed by atoms with E-state index < -0.39 is 11.6 Å². The van der Waals surface area contributed by atoms with Gasteiger partial charge in [0, 0.05) is 6.54 Å². The number of aromatic amines is 1. The number of urea groups is 1. The summed E-state index contributed by atoms with van der Waals surface area (Å²) in [4.78, 5) is 24.9. The first-order chi connectivity index (χ1) is 11.0. The van der Waals surface area contributed by atoms with Crippen LogP contribution in [0.15, 0.2) is 21.5 Å². The predicted molar refractivity (Wildman–Crippen MR) is 89.0 cm³/mol. The number of carbonyl (C=O) groups is 1. The molecular formula is C14H19N5O3S. The van der Waals surface area contributed by atoms with Gasteiger partial charge in [0.2, 0.25) is 5.88 Å². The summed E-state index contributed by atoms with van der Waals surface area (Å²) in [6.07, 6.45) is 8.51. The van der Waals surface area contributed by atoms with Crippen LogP contribution in [0.25, 0.3) is 0 Å². The summed E-state index contributed by atoms with van der Waals surface area (Å²) in [6, 6.07) is -0.867. The summed E-state index contributed by atoms with van der Waals surface area (Å²) in [7, 11) is 0. The number of primary amides is 1. The minimum absolute atomic E-state index is 0.0926. The Morgan fingerprint density at radius 1 is 1.57 bits per heavy atom. The highest BCUT2D eigenvalue weighted by Gasteiger charge is 2.12. The molecule has 0 spiro atoms. The first kappa shape index (κ1) is 16.9. The minimum Gasteiger partial charge on any atom is -0.494 e. The molecule has 124 valence electrons. The molecule has 0 bridgehead atoms. The Bertz CT molecular complexity index is 763. The monoisotopic (exact) mass is 337 g/mol. The summed E-state index contributed by atoms with van der Waals surface area (Å²) in [5, 5.41) is 13.8. The SMILES string of the molecule is NC(=O)N/N=C/c1c(O)n(CCC2=CCCCC2)c(=S)[nH]c1=O. The van der Waals surface area contributed by atoms with Gasteiger partial charge in [0.1, 0.15) is 5.56 Å². The molecule has 1 heterocycles. The number of amides is 2. The normalized spacial score (nSPS) is 14.7. The first-order valence-corrected chi connectivity index (χ1v) is 7.72. The van der Waals surface area contributed by atoms with Crippen molar-refractivity contribution in [2.45, 2.75) is 38.6 Å². The molecule has 0 radical (unpaired) electrons. The number of hydrogen-bond acceptors (Lipinski definition) is 5. The summed E-state index contributed by atoms with van der Waals surface area (Å²) < 4.78 is 1.58. The average Bonchev–Trinajstić information content (AvgIpc) is 2.51. The summed E-state index contributed by atoms with van der Waals surface area (Å²) >= 11 is 5.10. The van der Waals surface area contributed by atoms with Gasteiger partial charge < -0.3 is 10.8 Å². The van der Waals surface area contributed by atoms with E-state index in [2.05, 4.69) is 16.2 Å². The fourth-order valence-electron chi connectivity index (χ4n) is 2.45. The van der Waals surface area contributed by atoms with Crippen molar-refractivity contribution in [1.82, 2.24) is 15.0 Å². The third-order valence-electron chi connectivity index (χ3n) is 3.62. The topological polar surface area (TPSA) is 126 Å². The lowest BCUT2D eigenvalue weighted by atomic mass is 9.97. The van der Waals surface area contributed by atoms with Crippen LogP contribution in [0.5, 0.6) is 5.88 Å². The van der Waals surface area contributed by atoms with Gasteiger partial charge in [-0.15, -0.1) is 0 Å². The van der Waals surface area contributed by atoms with Crippen molar-refractivity contribution in [3.05, 3.63) is 32.3 Å². The van der Waals surface area contributed by atoms with Crippen LogP contribution in [0.2, 0.25) is 0 Å². The van der Waals surface area contributed by atoms with E-state index in [0.29, 0.717) is 6.54 Å². The molecule has 1 aliphatic rings. The lowest BCUT2D eigenvalue weighted by molar-refractivity contribution is 0.249. The van der Waals surface area contributed by atoms with Crippen molar-refractivity contribution in [1.29, 1.82) is 0 Å². The predicted octanol–water partition coefficient (Wildman–Crippen LogP) is 1.50. The molecule has 2 amide bonds. The Hall–Kier alpha value is -2.42. The van der Waals surface area contributed by atoms with Crippen molar-refractivity contribution in [2.75, 3.05) is 0 Å². The van der Waals surface area contributed by atoms with E-state index in [-0.39, 0.29) is 16.2 Å². The second kappa shape index (κ2) is 7.73. The zero-order chi connectivity index (χ0) is 16.8. The number of hydrogen-bond donors (Lipinski definition) is 4. The number of nitrogens with zero attached hydrogens (tertiary/aromatic N) is 2. The van der Waals surface area contributed by atoms with Crippen LogP contribution in [0, 0.1) is 4.77 Å². The van der Waals surface area contributed by atoms with Crippen LogP contribution in [0.1, 0.15) is 37.7 Å². The molecule has 0 unspecified atom stereocenters. The largest absolute Gasteiger partial charge is 0.494 e. The average molecular weight is 337 g/mol. The van der Waals surface area contributed by atoms with Gasteiger partial charge in [-0.05, 0) is 44.3 Å². The number of hydrazone groups is 1. The fraction of sp³-hybridized carbons (Fsp3) is 0.429. The number of H-pyrrole nitrogens is 1. The number of allylic oxidation sites excluding steroid dienone is 2. The minimum atomic E-state index is -0.867. The van der Waals surface area contributed by atoms with Crippen LogP contribution < -0.4 is 16.7 Å².